The Morgan fingerprint density at radius 1 is 1.50 bits per heavy atom. The van der Waals surface area contributed by atoms with Crippen molar-refractivity contribution >= 4 is 5.91 Å². The molecular weight excluding hydrogens is 310 g/mol. The molecule has 128 valence electrons. The molecule has 2 fully saturated rings. The number of ether oxygens (including phenoxy) is 1. The number of aromatic nitrogens is 4. The molecule has 1 N–H and O–H groups in total. The number of rotatable bonds is 4. The first kappa shape index (κ1) is 15.3. The van der Waals surface area contributed by atoms with Gasteiger partial charge < -0.3 is 14.1 Å². The number of aromatic amines is 1. The van der Waals surface area contributed by atoms with Gasteiger partial charge in [0.2, 0.25) is 5.82 Å². The Bertz CT molecular complexity index is 729. The van der Waals surface area contributed by atoms with Gasteiger partial charge in [0.1, 0.15) is 5.76 Å². The van der Waals surface area contributed by atoms with E-state index >= 15 is 0 Å². The molecule has 2 atom stereocenters. The van der Waals surface area contributed by atoms with Crippen LogP contribution in [0.25, 0.3) is 11.6 Å². The van der Waals surface area contributed by atoms with Crippen molar-refractivity contribution in [2.45, 2.75) is 38.7 Å². The number of nitrogens with one attached hydrogen (secondary N) is 1. The van der Waals surface area contributed by atoms with E-state index in [9.17, 15) is 4.79 Å². The van der Waals surface area contributed by atoms with Gasteiger partial charge in [-0.15, -0.1) is 10.2 Å². The second-order valence-corrected chi connectivity index (χ2v) is 6.84. The van der Waals surface area contributed by atoms with E-state index in [1.54, 1.807) is 17.9 Å². The number of aryl methyl sites for hydroxylation is 1. The highest BCUT2D eigenvalue weighted by atomic mass is 16.5. The van der Waals surface area contributed by atoms with E-state index in [1.165, 1.54) is 6.42 Å². The Balaban J connectivity index is 1.53. The normalized spacial score (nSPS) is 25.8. The van der Waals surface area contributed by atoms with E-state index in [2.05, 4.69) is 20.6 Å². The average Bonchev–Trinajstić information content (AvgIpc) is 3.29. The zero-order valence-electron chi connectivity index (χ0n) is 13.9. The van der Waals surface area contributed by atoms with Gasteiger partial charge in [-0.25, -0.2) is 0 Å². The SMILES string of the molecule is Cc1oc(-c2nn[nH]n2)cc1C(=O)N(C)C[C@]12CCC[C@H]1OCC2. The summed E-state index contributed by atoms with van der Waals surface area (Å²) < 4.78 is 11.5. The van der Waals surface area contributed by atoms with Crippen molar-refractivity contribution in [2.75, 3.05) is 20.2 Å². The van der Waals surface area contributed by atoms with Crippen molar-refractivity contribution in [3.8, 4) is 11.6 Å². The minimum absolute atomic E-state index is 0.0436. The van der Waals surface area contributed by atoms with Crippen LogP contribution in [0.15, 0.2) is 10.5 Å². The molecule has 8 heteroatoms. The van der Waals surface area contributed by atoms with Crippen molar-refractivity contribution in [3.63, 3.8) is 0 Å². The highest BCUT2D eigenvalue weighted by Crippen LogP contribution is 2.47. The van der Waals surface area contributed by atoms with Crippen LogP contribution in [-0.2, 0) is 4.74 Å². The summed E-state index contributed by atoms with van der Waals surface area (Å²) in [5.41, 5.74) is 0.667. The van der Waals surface area contributed by atoms with Gasteiger partial charge in [0.25, 0.3) is 5.91 Å². The van der Waals surface area contributed by atoms with Crippen LogP contribution in [0.5, 0.6) is 0 Å². The molecule has 0 bridgehead atoms. The molecule has 1 aliphatic carbocycles. The fourth-order valence-corrected chi connectivity index (χ4v) is 4.14. The molecule has 1 saturated heterocycles. The Morgan fingerprint density at radius 3 is 3.17 bits per heavy atom. The zero-order valence-corrected chi connectivity index (χ0v) is 13.9. The first-order chi connectivity index (χ1) is 11.6. The van der Waals surface area contributed by atoms with Gasteiger partial charge in [-0.1, -0.05) is 6.42 Å². The molecule has 1 saturated carbocycles. The molecule has 2 aliphatic rings. The summed E-state index contributed by atoms with van der Waals surface area (Å²) in [5.74, 6) is 1.31. The maximum atomic E-state index is 12.9. The lowest BCUT2D eigenvalue weighted by molar-refractivity contribution is 0.0466. The number of hydrogen-bond donors (Lipinski definition) is 1. The first-order valence-corrected chi connectivity index (χ1v) is 8.30. The molecular formula is C16H21N5O3. The Hall–Kier alpha value is -2.22. The third kappa shape index (κ3) is 2.41. The second kappa shape index (κ2) is 5.70. The minimum Gasteiger partial charge on any atom is -0.457 e. The number of carbonyl (C=O) groups is 1. The van der Waals surface area contributed by atoms with Crippen molar-refractivity contribution in [3.05, 3.63) is 17.4 Å². The maximum Gasteiger partial charge on any atom is 0.257 e. The number of tetrazole rings is 1. The number of nitrogens with zero attached hydrogens (tertiary/aromatic N) is 4. The molecule has 2 aromatic rings. The summed E-state index contributed by atoms with van der Waals surface area (Å²) in [4.78, 5) is 14.7. The number of hydrogen-bond acceptors (Lipinski definition) is 6. The lowest BCUT2D eigenvalue weighted by Gasteiger charge is -2.32. The largest absolute Gasteiger partial charge is 0.457 e. The lowest BCUT2D eigenvalue weighted by atomic mass is 9.82. The Kier molecular flexibility index (Phi) is 3.64. The molecule has 0 unspecified atom stereocenters. The Labute approximate surface area is 139 Å². The van der Waals surface area contributed by atoms with Crippen LogP contribution in [0.2, 0.25) is 0 Å². The van der Waals surface area contributed by atoms with Crippen molar-refractivity contribution < 1.29 is 13.9 Å². The molecule has 2 aromatic heterocycles. The van der Waals surface area contributed by atoms with Crippen LogP contribution in [-0.4, -0.2) is 57.7 Å². The second-order valence-electron chi connectivity index (χ2n) is 6.84. The number of amides is 1. The van der Waals surface area contributed by atoms with E-state index in [-0.39, 0.29) is 11.3 Å². The predicted molar refractivity (Wildman–Crippen MR) is 84.2 cm³/mol. The molecule has 1 aliphatic heterocycles. The van der Waals surface area contributed by atoms with Gasteiger partial charge in [-0.3, -0.25) is 4.79 Å². The predicted octanol–water partition coefficient (Wildman–Crippen LogP) is 1.80. The van der Waals surface area contributed by atoms with Gasteiger partial charge in [0, 0.05) is 31.7 Å². The summed E-state index contributed by atoms with van der Waals surface area (Å²) in [6.07, 6.45) is 4.75. The van der Waals surface area contributed by atoms with Crippen LogP contribution < -0.4 is 0 Å². The first-order valence-electron chi connectivity index (χ1n) is 8.30. The van der Waals surface area contributed by atoms with Crippen molar-refractivity contribution in [1.29, 1.82) is 0 Å². The van der Waals surface area contributed by atoms with Crippen LogP contribution in [0, 0.1) is 12.3 Å². The number of fused-ring (bicyclic) bond motifs is 1. The van der Waals surface area contributed by atoms with Crippen LogP contribution in [0.1, 0.15) is 41.8 Å². The Morgan fingerprint density at radius 2 is 2.38 bits per heavy atom. The van der Waals surface area contributed by atoms with Crippen LogP contribution >= 0.6 is 0 Å². The number of furan rings is 1. The molecule has 3 heterocycles. The molecule has 4 rings (SSSR count). The highest BCUT2D eigenvalue weighted by Gasteiger charge is 2.48. The fourth-order valence-electron chi connectivity index (χ4n) is 4.14. The van der Waals surface area contributed by atoms with Gasteiger partial charge in [-0.05, 0) is 31.4 Å². The van der Waals surface area contributed by atoms with E-state index in [1.807, 2.05) is 7.05 Å². The van der Waals surface area contributed by atoms with E-state index in [4.69, 9.17) is 9.15 Å². The van der Waals surface area contributed by atoms with E-state index in [0.717, 1.165) is 32.4 Å². The summed E-state index contributed by atoms with van der Waals surface area (Å²) in [7, 11) is 1.85. The quantitative estimate of drug-likeness (QED) is 0.917. The third-order valence-electron chi connectivity index (χ3n) is 5.36. The fraction of sp³-hybridized carbons (Fsp3) is 0.625. The molecule has 24 heavy (non-hydrogen) atoms. The van der Waals surface area contributed by atoms with Gasteiger partial charge in [0.05, 0.1) is 11.7 Å². The maximum absolute atomic E-state index is 12.9. The average molecular weight is 331 g/mol. The third-order valence-corrected chi connectivity index (χ3v) is 5.36. The lowest BCUT2D eigenvalue weighted by Crippen LogP contribution is -2.41. The van der Waals surface area contributed by atoms with Crippen LogP contribution in [0.3, 0.4) is 0 Å². The standard InChI is InChI=1S/C16H21N5O3/c1-10-11(8-12(24-10)14-17-19-20-18-14)15(22)21(2)9-16-5-3-4-13(16)23-7-6-16/h8,13H,3-7,9H2,1-2H3,(H,17,18,19,20)/t13-,16-/m1/s1. The number of H-pyrrole nitrogens is 1. The van der Waals surface area contributed by atoms with E-state index < -0.39 is 0 Å². The monoisotopic (exact) mass is 331 g/mol. The minimum atomic E-state index is -0.0436. The van der Waals surface area contributed by atoms with Gasteiger partial charge in [0.15, 0.2) is 5.76 Å². The molecule has 8 nitrogen and oxygen atoms in total. The summed E-state index contributed by atoms with van der Waals surface area (Å²) in [6, 6.07) is 1.69. The molecule has 0 spiro atoms. The van der Waals surface area contributed by atoms with Crippen molar-refractivity contribution in [2.24, 2.45) is 5.41 Å². The van der Waals surface area contributed by atoms with Gasteiger partial charge in [-0.2, -0.15) is 5.21 Å². The molecule has 0 aromatic carbocycles. The summed E-state index contributed by atoms with van der Waals surface area (Å²) in [5, 5.41) is 13.7. The summed E-state index contributed by atoms with van der Waals surface area (Å²) in [6.45, 7) is 3.30. The van der Waals surface area contributed by atoms with Crippen LogP contribution in [0.4, 0.5) is 0 Å². The highest BCUT2D eigenvalue weighted by molar-refractivity contribution is 5.96. The smallest absolute Gasteiger partial charge is 0.257 e. The number of carbonyl (C=O) groups excluding carboxylic acids is 1. The molecule has 1 amide bonds. The molecule has 0 radical (unpaired) electrons. The zero-order chi connectivity index (χ0) is 16.7. The van der Waals surface area contributed by atoms with Crippen molar-refractivity contribution in [1.82, 2.24) is 25.5 Å². The summed E-state index contributed by atoms with van der Waals surface area (Å²) >= 11 is 0. The topological polar surface area (TPSA) is 97.1 Å². The van der Waals surface area contributed by atoms with E-state index in [0.29, 0.717) is 29.0 Å². The van der Waals surface area contributed by atoms with Gasteiger partial charge >= 0.3 is 0 Å².